The van der Waals surface area contributed by atoms with Gasteiger partial charge >= 0.3 is 5.97 Å². The molecule has 0 unspecified atom stereocenters. The Kier molecular flexibility index (Phi) is 2.30. The number of carbonyl (C=O) groups is 1. The minimum Gasteiger partial charge on any atom is -0.478 e. The third-order valence-corrected chi connectivity index (χ3v) is 3.84. The van der Waals surface area contributed by atoms with E-state index in [2.05, 4.69) is 0 Å². The van der Waals surface area contributed by atoms with E-state index in [0.717, 1.165) is 31.2 Å². The van der Waals surface area contributed by atoms with Gasteiger partial charge in [0, 0.05) is 4.88 Å². The van der Waals surface area contributed by atoms with E-state index in [1.54, 1.807) is 0 Å². The van der Waals surface area contributed by atoms with Crippen molar-refractivity contribution in [3.8, 4) is 0 Å². The molecule has 1 aromatic rings. The average molecular weight is 217 g/mol. The van der Waals surface area contributed by atoms with Crippen molar-refractivity contribution in [2.24, 2.45) is 0 Å². The van der Waals surface area contributed by atoms with Crippen LogP contribution in [-0.4, -0.2) is 11.1 Å². The fraction of sp³-hybridized carbons (Fsp3) is 0.444. The number of aryl methyl sites for hydroxylation is 1. The van der Waals surface area contributed by atoms with Crippen molar-refractivity contribution in [2.75, 3.05) is 0 Å². The number of hydrogen-bond acceptors (Lipinski definition) is 2. The first kappa shape index (κ1) is 9.03. The van der Waals surface area contributed by atoms with Crippen molar-refractivity contribution >= 4 is 28.9 Å². The summed E-state index contributed by atoms with van der Waals surface area (Å²) >= 11 is 7.30. The second-order valence-corrected chi connectivity index (χ2v) is 4.87. The van der Waals surface area contributed by atoms with Gasteiger partial charge in [-0.15, -0.1) is 11.3 Å². The predicted octanol–water partition coefficient (Wildman–Crippen LogP) is 2.98. The summed E-state index contributed by atoms with van der Waals surface area (Å²) in [6, 6.07) is 0. The third kappa shape index (κ3) is 1.46. The lowest BCUT2D eigenvalue weighted by molar-refractivity contribution is 0.0696. The summed E-state index contributed by atoms with van der Waals surface area (Å²) in [6.45, 7) is 0. The van der Waals surface area contributed by atoms with Gasteiger partial charge in [-0.05, 0) is 31.2 Å². The zero-order valence-corrected chi connectivity index (χ0v) is 8.54. The van der Waals surface area contributed by atoms with Gasteiger partial charge in [0.1, 0.15) is 4.34 Å². The Labute approximate surface area is 85.1 Å². The quantitative estimate of drug-likeness (QED) is 0.784. The maximum absolute atomic E-state index is 10.9. The molecule has 1 aromatic heterocycles. The summed E-state index contributed by atoms with van der Waals surface area (Å²) in [4.78, 5) is 12.1. The Hall–Kier alpha value is -0.540. The van der Waals surface area contributed by atoms with Crippen LogP contribution in [0.5, 0.6) is 0 Å². The van der Waals surface area contributed by atoms with Crippen LogP contribution in [0.25, 0.3) is 0 Å². The fourth-order valence-electron chi connectivity index (χ4n) is 1.75. The van der Waals surface area contributed by atoms with E-state index in [1.165, 1.54) is 16.2 Å². The van der Waals surface area contributed by atoms with E-state index >= 15 is 0 Å². The molecule has 0 saturated heterocycles. The van der Waals surface area contributed by atoms with Crippen LogP contribution in [-0.2, 0) is 12.8 Å². The Morgan fingerprint density at radius 1 is 1.38 bits per heavy atom. The van der Waals surface area contributed by atoms with Crippen molar-refractivity contribution in [1.82, 2.24) is 0 Å². The molecule has 0 amide bonds. The number of aromatic carboxylic acids is 1. The topological polar surface area (TPSA) is 37.3 Å². The number of halogens is 1. The summed E-state index contributed by atoms with van der Waals surface area (Å²) in [7, 11) is 0. The van der Waals surface area contributed by atoms with Gasteiger partial charge in [0.05, 0.1) is 5.56 Å². The second-order valence-electron chi connectivity index (χ2n) is 3.16. The molecule has 0 atom stereocenters. The molecule has 4 heteroatoms. The average Bonchev–Trinajstić information content (AvgIpc) is 2.39. The largest absolute Gasteiger partial charge is 0.478 e. The zero-order valence-electron chi connectivity index (χ0n) is 6.97. The maximum Gasteiger partial charge on any atom is 0.338 e. The van der Waals surface area contributed by atoms with Gasteiger partial charge in [-0.25, -0.2) is 4.79 Å². The standard InChI is InChI=1S/C9H9ClO2S/c10-8-7(9(11)12)5-3-1-2-4-6(5)13-8/h1-4H2,(H,11,12). The van der Waals surface area contributed by atoms with E-state index in [4.69, 9.17) is 16.7 Å². The van der Waals surface area contributed by atoms with Gasteiger partial charge in [-0.2, -0.15) is 0 Å². The molecule has 0 fully saturated rings. The highest BCUT2D eigenvalue weighted by atomic mass is 35.5. The fourth-order valence-corrected chi connectivity index (χ4v) is 3.32. The van der Waals surface area contributed by atoms with Crippen LogP contribution in [0.4, 0.5) is 0 Å². The molecule has 2 nitrogen and oxygen atoms in total. The molecule has 70 valence electrons. The minimum absolute atomic E-state index is 0.348. The Bertz CT molecular complexity index is 357. The van der Waals surface area contributed by atoms with Crippen LogP contribution in [0.1, 0.15) is 33.6 Å². The lowest BCUT2D eigenvalue weighted by Crippen LogP contribution is -2.05. The maximum atomic E-state index is 10.9. The first-order valence-corrected chi connectivity index (χ1v) is 5.43. The molecule has 1 heterocycles. The summed E-state index contributed by atoms with van der Waals surface area (Å²) < 4.78 is 0.444. The van der Waals surface area contributed by atoms with Crippen molar-refractivity contribution in [3.05, 3.63) is 20.3 Å². The lowest BCUT2D eigenvalue weighted by Gasteiger charge is -2.10. The number of rotatable bonds is 1. The van der Waals surface area contributed by atoms with Crippen LogP contribution in [0.15, 0.2) is 0 Å². The molecule has 1 aliphatic rings. The summed E-state index contributed by atoms with van der Waals surface area (Å²) in [5, 5.41) is 8.93. The molecule has 0 aromatic carbocycles. The van der Waals surface area contributed by atoms with Crippen LogP contribution in [0.2, 0.25) is 4.34 Å². The monoisotopic (exact) mass is 216 g/mol. The first-order valence-electron chi connectivity index (χ1n) is 4.23. The van der Waals surface area contributed by atoms with Crippen molar-refractivity contribution in [3.63, 3.8) is 0 Å². The molecular weight excluding hydrogens is 208 g/mol. The minimum atomic E-state index is -0.885. The normalized spacial score (nSPS) is 15.5. The number of thiophene rings is 1. The lowest BCUT2D eigenvalue weighted by atomic mass is 9.96. The number of carboxylic acid groups (broad SMARTS) is 1. The van der Waals surface area contributed by atoms with Gasteiger partial charge < -0.3 is 5.11 Å². The Morgan fingerprint density at radius 2 is 2.08 bits per heavy atom. The molecule has 0 saturated carbocycles. The van der Waals surface area contributed by atoms with Gasteiger partial charge in [-0.3, -0.25) is 0 Å². The predicted molar refractivity (Wildman–Crippen MR) is 52.9 cm³/mol. The highest BCUT2D eigenvalue weighted by Crippen LogP contribution is 2.37. The van der Waals surface area contributed by atoms with Crippen LogP contribution in [0, 0.1) is 0 Å². The summed E-state index contributed by atoms with van der Waals surface area (Å²) in [6.07, 6.45) is 4.11. The molecule has 0 bridgehead atoms. The molecular formula is C9H9ClO2S. The van der Waals surface area contributed by atoms with Gasteiger partial charge in [0.15, 0.2) is 0 Å². The second kappa shape index (κ2) is 3.31. The SMILES string of the molecule is O=C(O)c1c(Cl)sc2c1CCCC2. The number of fused-ring (bicyclic) bond motifs is 1. The molecule has 1 aliphatic carbocycles. The Morgan fingerprint density at radius 3 is 2.77 bits per heavy atom. The van der Waals surface area contributed by atoms with E-state index in [9.17, 15) is 4.79 Å². The molecule has 0 aliphatic heterocycles. The smallest absolute Gasteiger partial charge is 0.338 e. The van der Waals surface area contributed by atoms with Gasteiger partial charge in [0.25, 0.3) is 0 Å². The van der Waals surface area contributed by atoms with Crippen molar-refractivity contribution in [2.45, 2.75) is 25.7 Å². The molecule has 0 spiro atoms. The van der Waals surface area contributed by atoms with E-state index in [0.29, 0.717) is 9.90 Å². The van der Waals surface area contributed by atoms with E-state index in [-0.39, 0.29) is 0 Å². The summed E-state index contributed by atoms with van der Waals surface area (Å²) in [5.74, 6) is -0.885. The molecule has 2 rings (SSSR count). The van der Waals surface area contributed by atoms with Crippen LogP contribution < -0.4 is 0 Å². The van der Waals surface area contributed by atoms with Crippen LogP contribution >= 0.6 is 22.9 Å². The van der Waals surface area contributed by atoms with Gasteiger partial charge in [-0.1, -0.05) is 11.6 Å². The molecule has 13 heavy (non-hydrogen) atoms. The van der Waals surface area contributed by atoms with E-state index < -0.39 is 5.97 Å². The number of hydrogen-bond donors (Lipinski definition) is 1. The van der Waals surface area contributed by atoms with Crippen molar-refractivity contribution < 1.29 is 9.90 Å². The first-order chi connectivity index (χ1) is 6.20. The molecule has 0 radical (unpaired) electrons. The molecule has 1 N–H and O–H groups in total. The highest BCUT2D eigenvalue weighted by molar-refractivity contribution is 7.16. The highest BCUT2D eigenvalue weighted by Gasteiger charge is 2.23. The Balaban J connectivity index is 2.54. The van der Waals surface area contributed by atoms with Crippen LogP contribution in [0.3, 0.4) is 0 Å². The van der Waals surface area contributed by atoms with E-state index in [1.807, 2.05) is 0 Å². The number of carboxylic acids is 1. The third-order valence-electron chi connectivity index (χ3n) is 2.34. The van der Waals surface area contributed by atoms with Gasteiger partial charge in [0.2, 0.25) is 0 Å². The summed E-state index contributed by atoms with van der Waals surface area (Å²) in [5.41, 5.74) is 1.33. The zero-order chi connectivity index (χ0) is 9.42. The van der Waals surface area contributed by atoms with Crippen molar-refractivity contribution in [1.29, 1.82) is 0 Å².